The summed E-state index contributed by atoms with van der Waals surface area (Å²) in [4.78, 5) is 2.80. The van der Waals surface area contributed by atoms with Crippen LogP contribution in [0, 0.1) is 0 Å². The minimum atomic E-state index is -0.596. The van der Waals surface area contributed by atoms with E-state index in [2.05, 4.69) is 202 Å². The molecule has 0 aromatic heterocycles. The van der Waals surface area contributed by atoms with Crippen molar-refractivity contribution in [1.82, 2.24) is 4.83 Å². The Balaban J connectivity index is 1.31. The maximum absolute atomic E-state index is 6.86. The first-order chi connectivity index (χ1) is 27.3. The second-order valence-corrected chi connectivity index (χ2v) is 21.9. The molecule has 6 aromatic carbocycles. The minimum Gasteiger partial charge on any atom is -0.457 e. The molecule has 0 saturated heterocycles. The Morgan fingerprint density at radius 1 is 0.431 bits per heavy atom. The summed E-state index contributed by atoms with van der Waals surface area (Å²) in [5.41, 5.74) is 21.0. The average Bonchev–Trinajstić information content (AvgIpc) is 3.79. The molecule has 5 aliphatic rings. The third-order valence-corrected chi connectivity index (χ3v) is 14.1. The molecule has 0 aliphatic carbocycles. The van der Waals surface area contributed by atoms with Crippen LogP contribution in [0.25, 0.3) is 11.1 Å². The van der Waals surface area contributed by atoms with Crippen LogP contribution in [-0.2, 0) is 27.1 Å². The van der Waals surface area contributed by atoms with Gasteiger partial charge in [0, 0.05) is 11.1 Å². The molecule has 288 valence electrons. The molecule has 6 aromatic rings. The number of fused-ring (bicyclic) bond motifs is 16. The summed E-state index contributed by atoms with van der Waals surface area (Å²) in [6.45, 7) is 28.4. The number of hydrogen-bond acceptors (Lipinski definition) is 3. The molecule has 0 saturated carbocycles. The van der Waals surface area contributed by atoms with Crippen LogP contribution in [0.5, 0.6) is 11.5 Å². The smallest absolute Gasteiger partial charge is 0.303 e. The molecule has 0 fully saturated rings. The molecule has 5 aliphatic heterocycles. The number of benzene rings is 6. The van der Waals surface area contributed by atoms with Crippen molar-refractivity contribution < 1.29 is 4.74 Å². The van der Waals surface area contributed by atoms with Crippen molar-refractivity contribution in [3.63, 3.8) is 0 Å². The number of ether oxygens (including phenoxy) is 1. The van der Waals surface area contributed by atoms with Gasteiger partial charge in [0.25, 0.3) is 0 Å². The molecule has 0 N–H and O–H groups in total. The number of hydrazine groups is 1. The summed E-state index contributed by atoms with van der Waals surface area (Å²) in [7, 11) is 0. The van der Waals surface area contributed by atoms with Crippen molar-refractivity contribution in [2.45, 2.75) is 110 Å². The Morgan fingerprint density at radius 2 is 0.897 bits per heavy atom. The highest BCUT2D eigenvalue weighted by atomic mass is 16.5. The van der Waals surface area contributed by atoms with Crippen molar-refractivity contribution in [2.24, 2.45) is 0 Å². The average molecular weight is 757 g/mol. The van der Waals surface area contributed by atoms with Crippen LogP contribution >= 0.6 is 0 Å². The second kappa shape index (κ2) is 11.2. The molecule has 5 heteroatoms. The first-order valence-electron chi connectivity index (χ1n) is 21.4. The third kappa shape index (κ3) is 4.57. The van der Waals surface area contributed by atoms with Gasteiger partial charge in [0.2, 0.25) is 0 Å². The highest BCUT2D eigenvalue weighted by molar-refractivity contribution is 7.02. The van der Waals surface area contributed by atoms with E-state index in [4.69, 9.17) is 4.74 Å². The van der Waals surface area contributed by atoms with Gasteiger partial charge in [-0.3, -0.25) is 9.84 Å². The van der Waals surface area contributed by atoms with Crippen LogP contribution in [-0.4, -0.2) is 18.5 Å². The van der Waals surface area contributed by atoms with Crippen molar-refractivity contribution in [3.8, 4) is 22.6 Å². The van der Waals surface area contributed by atoms with E-state index in [0.717, 1.165) is 11.5 Å². The number of rotatable bonds is 0. The second-order valence-electron chi connectivity index (χ2n) is 21.9. The first kappa shape index (κ1) is 36.1. The van der Waals surface area contributed by atoms with Gasteiger partial charge in [-0.15, -0.1) is 0 Å². The largest absolute Gasteiger partial charge is 0.457 e. The highest BCUT2D eigenvalue weighted by Crippen LogP contribution is 2.59. The summed E-state index contributed by atoms with van der Waals surface area (Å²) in [5.74, 6) is 1.87. The fourth-order valence-corrected chi connectivity index (χ4v) is 11.0. The Morgan fingerprint density at radius 3 is 1.48 bits per heavy atom. The molecular weight excluding hydrogens is 702 g/mol. The summed E-state index contributed by atoms with van der Waals surface area (Å²) < 4.78 is 6.86. The Hall–Kier alpha value is -4.99. The van der Waals surface area contributed by atoms with Crippen molar-refractivity contribution >= 4 is 46.9 Å². The van der Waals surface area contributed by atoms with E-state index in [1.54, 1.807) is 0 Å². The first-order valence-corrected chi connectivity index (χ1v) is 21.4. The van der Waals surface area contributed by atoms with Gasteiger partial charge in [-0.1, -0.05) is 173 Å². The predicted molar refractivity (Wildman–Crippen MR) is 246 cm³/mol. The van der Waals surface area contributed by atoms with Crippen molar-refractivity contribution in [3.05, 3.63) is 154 Å². The Labute approximate surface area is 346 Å². The zero-order chi connectivity index (χ0) is 40.6. The van der Waals surface area contributed by atoms with Crippen molar-refractivity contribution in [1.29, 1.82) is 0 Å². The van der Waals surface area contributed by atoms with Crippen LogP contribution in [0.3, 0.4) is 0 Å². The maximum atomic E-state index is 6.86. The molecule has 0 amide bonds. The van der Waals surface area contributed by atoms with Gasteiger partial charge in [-0.25, -0.2) is 0 Å². The van der Waals surface area contributed by atoms with E-state index >= 15 is 0 Å². The van der Waals surface area contributed by atoms with Gasteiger partial charge < -0.3 is 4.74 Å². The topological polar surface area (TPSA) is 15.7 Å². The van der Waals surface area contributed by atoms with E-state index in [1.165, 1.54) is 88.9 Å². The molecule has 58 heavy (non-hydrogen) atoms. The van der Waals surface area contributed by atoms with E-state index in [9.17, 15) is 0 Å². The summed E-state index contributed by atoms with van der Waals surface area (Å²) >= 11 is 0. The lowest BCUT2D eigenvalue weighted by atomic mass is 9.35. The molecule has 0 radical (unpaired) electrons. The van der Waals surface area contributed by atoms with Gasteiger partial charge in [-0.2, -0.15) is 0 Å². The fourth-order valence-electron chi connectivity index (χ4n) is 11.0. The van der Waals surface area contributed by atoms with Gasteiger partial charge >= 0.3 is 13.7 Å². The number of anilines is 2. The van der Waals surface area contributed by atoms with Crippen LogP contribution < -0.4 is 31.6 Å². The Bertz CT molecular complexity index is 2740. The fraction of sp³-hybridized carbons (Fsp3) is 0.321. The molecule has 0 bridgehead atoms. The monoisotopic (exact) mass is 756 g/mol. The summed E-state index contributed by atoms with van der Waals surface area (Å²) in [5, 5.41) is 2.68. The lowest BCUT2D eigenvalue weighted by Gasteiger charge is -2.47. The quantitative estimate of drug-likeness (QED) is 0.143. The van der Waals surface area contributed by atoms with Crippen LogP contribution in [0.15, 0.2) is 109 Å². The summed E-state index contributed by atoms with van der Waals surface area (Å²) in [6, 6.07) is 42.8. The minimum absolute atomic E-state index is 0.00686. The molecule has 1 spiro atoms. The van der Waals surface area contributed by atoms with Crippen LogP contribution in [0.1, 0.15) is 128 Å². The van der Waals surface area contributed by atoms with Gasteiger partial charge in [0.1, 0.15) is 11.5 Å². The molecule has 0 unspecified atom stereocenters. The molecule has 0 atom stereocenters. The normalized spacial score (nSPS) is 16.7. The highest BCUT2D eigenvalue weighted by Gasteiger charge is 2.63. The molecule has 11 rings (SSSR count). The lowest BCUT2D eigenvalue weighted by Crippen LogP contribution is -2.67. The summed E-state index contributed by atoms with van der Waals surface area (Å²) in [6.07, 6.45) is 0. The third-order valence-electron chi connectivity index (χ3n) is 14.1. The van der Waals surface area contributed by atoms with Gasteiger partial charge in [0.15, 0.2) is 0 Å². The molecule has 3 nitrogen and oxygen atoms in total. The molecule has 5 heterocycles. The van der Waals surface area contributed by atoms with Gasteiger partial charge in [-0.05, 0) is 107 Å². The predicted octanol–water partition coefficient (Wildman–Crippen LogP) is 10.3. The zero-order valence-electron chi connectivity index (χ0n) is 36.3. The van der Waals surface area contributed by atoms with Crippen molar-refractivity contribution in [2.75, 3.05) is 5.01 Å². The van der Waals surface area contributed by atoms with E-state index < -0.39 is 5.41 Å². The van der Waals surface area contributed by atoms with E-state index in [-0.39, 0.29) is 35.4 Å². The molecular formula is C53H54B2N2O. The van der Waals surface area contributed by atoms with Crippen LogP contribution in [0.4, 0.5) is 11.4 Å². The van der Waals surface area contributed by atoms with E-state index in [0.29, 0.717) is 0 Å². The standard InChI is InChI=1S/C53H54B2N2O/c1-49(2,3)31-21-23-41-35(25-31)36-26-33(51(7,8)9)29-43-47(36)54(41)57-55-42-24-22-32(50(4,5)6)27-39(42)53(40-28-34(52(10,11)12)30-44(48(40)55)56(43)57)37-17-13-15-19-45(37)58-46-20-16-14-18-38(46)53/h13-30H,1-12H3. The lowest BCUT2D eigenvalue weighted by molar-refractivity contribution is 0.434. The Kier molecular flexibility index (Phi) is 6.96. The number of para-hydroxylation sites is 2. The van der Waals surface area contributed by atoms with E-state index in [1.807, 2.05) is 0 Å². The number of hydrogen-bond donors (Lipinski definition) is 0. The van der Waals surface area contributed by atoms with Crippen LogP contribution in [0.2, 0.25) is 0 Å². The SMILES string of the molecule is CC(C)(C)c1ccc2c(c1)-c1cc(C(C)(C)C)cc3c1B2N1B2c4ccc(C(C)(C)C)cc4C4(c5ccccc5Oc5ccccc54)c4cc(C(C)(C)C)cc(c42)N31. The van der Waals surface area contributed by atoms with Gasteiger partial charge in [0.05, 0.1) is 16.8 Å². The zero-order valence-corrected chi connectivity index (χ0v) is 36.3. The maximum Gasteiger partial charge on any atom is 0.303 e. The number of nitrogens with zero attached hydrogens (tertiary/aromatic N) is 2.